The van der Waals surface area contributed by atoms with Crippen LogP contribution in [0.25, 0.3) is 0 Å². The molecule has 0 aliphatic rings. The molecule has 14 heavy (non-hydrogen) atoms. The Morgan fingerprint density at radius 1 is 1.57 bits per heavy atom. The van der Waals surface area contributed by atoms with E-state index in [9.17, 15) is 4.79 Å². The summed E-state index contributed by atoms with van der Waals surface area (Å²) in [6.07, 6.45) is 1.50. The zero-order chi connectivity index (χ0) is 10.4. The normalized spacial score (nSPS) is 9.57. The lowest BCUT2D eigenvalue weighted by molar-refractivity contribution is 0.202. The van der Waals surface area contributed by atoms with Crippen LogP contribution in [0.15, 0.2) is 24.3 Å². The lowest BCUT2D eigenvalue weighted by Crippen LogP contribution is -2.26. The van der Waals surface area contributed by atoms with Gasteiger partial charge in [-0.2, -0.15) is 0 Å². The van der Waals surface area contributed by atoms with E-state index in [2.05, 4.69) is 5.32 Å². The first kappa shape index (κ1) is 10.9. The lowest BCUT2D eigenvalue weighted by Gasteiger charge is -2.05. The van der Waals surface area contributed by atoms with Crippen LogP contribution in [0.5, 0.6) is 5.75 Å². The summed E-state index contributed by atoms with van der Waals surface area (Å²) in [5.41, 5.74) is 1.07. The number of ether oxygens (including phenoxy) is 1. The molecule has 3 nitrogen and oxygen atoms in total. The number of amides is 1. The van der Waals surface area contributed by atoms with Crippen LogP contribution in [0.4, 0.5) is 4.79 Å². The highest BCUT2D eigenvalue weighted by Gasteiger charge is 2.02. The Balaban J connectivity index is 2.47. The first-order chi connectivity index (χ1) is 6.72. The van der Waals surface area contributed by atoms with E-state index < -0.39 is 6.09 Å². The summed E-state index contributed by atoms with van der Waals surface area (Å²) in [4.78, 5) is 11.1. The molecule has 0 heterocycles. The molecule has 1 rings (SSSR count). The minimum atomic E-state index is -0.412. The van der Waals surface area contributed by atoms with Gasteiger partial charge >= 0.3 is 6.09 Å². The highest BCUT2D eigenvalue weighted by molar-refractivity contribution is 7.98. The summed E-state index contributed by atoms with van der Waals surface area (Å²) in [6, 6.07) is 7.38. The topological polar surface area (TPSA) is 38.3 Å². The van der Waals surface area contributed by atoms with Crippen molar-refractivity contribution < 1.29 is 9.53 Å². The third kappa shape index (κ3) is 3.70. The van der Waals surface area contributed by atoms with Gasteiger partial charge in [-0.1, -0.05) is 12.1 Å². The summed E-state index contributed by atoms with van der Waals surface area (Å²) in [5.74, 6) is 1.13. The largest absolute Gasteiger partial charge is 0.413 e. The molecule has 0 unspecified atom stereocenters. The zero-order valence-corrected chi connectivity index (χ0v) is 9.06. The molecule has 1 aromatic carbocycles. The van der Waals surface area contributed by atoms with Crippen molar-refractivity contribution in [2.24, 2.45) is 0 Å². The molecule has 1 aromatic rings. The minimum absolute atomic E-state index is 0.412. The fourth-order valence-electron chi connectivity index (χ4n) is 0.953. The zero-order valence-electron chi connectivity index (χ0n) is 8.24. The van der Waals surface area contributed by atoms with Crippen molar-refractivity contribution in [3.63, 3.8) is 0 Å². The summed E-state index contributed by atoms with van der Waals surface area (Å²) in [5, 5.41) is 2.60. The van der Waals surface area contributed by atoms with E-state index in [1.807, 2.05) is 31.4 Å². The molecule has 1 N–H and O–H groups in total. The minimum Gasteiger partial charge on any atom is -0.410 e. The van der Waals surface area contributed by atoms with E-state index in [-0.39, 0.29) is 0 Å². The van der Waals surface area contributed by atoms with E-state index in [0.717, 1.165) is 5.56 Å². The van der Waals surface area contributed by atoms with Crippen LogP contribution in [-0.4, -0.2) is 18.2 Å². The molecule has 0 spiro atoms. The average Bonchev–Trinajstić information content (AvgIpc) is 2.15. The van der Waals surface area contributed by atoms with E-state index in [1.54, 1.807) is 6.07 Å². The van der Waals surface area contributed by atoms with Gasteiger partial charge in [0.05, 0.1) is 5.88 Å². The van der Waals surface area contributed by atoms with Gasteiger partial charge in [0.25, 0.3) is 0 Å². The predicted molar refractivity (Wildman–Crippen MR) is 58.7 cm³/mol. The maximum absolute atomic E-state index is 11.1. The Bertz CT molecular complexity index is 315. The maximum Gasteiger partial charge on any atom is 0.413 e. The van der Waals surface area contributed by atoms with Crippen LogP contribution < -0.4 is 10.1 Å². The molecular weight excluding hydrogens is 198 g/mol. The number of hydrogen-bond donors (Lipinski definition) is 1. The van der Waals surface area contributed by atoms with Crippen molar-refractivity contribution in [1.29, 1.82) is 0 Å². The SMILES string of the molecule is CSCNC(=O)Oc1cccc(C)c1. The fourth-order valence-corrected chi connectivity index (χ4v) is 1.22. The summed E-state index contributed by atoms with van der Waals surface area (Å²) >= 11 is 1.53. The highest BCUT2D eigenvalue weighted by Crippen LogP contribution is 2.12. The second kappa shape index (κ2) is 5.54. The Morgan fingerprint density at radius 3 is 3.00 bits per heavy atom. The molecule has 4 heteroatoms. The van der Waals surface area contributed by atoms with Crippen molar-refractivity contribution in [1.82, 2.24) is 5.32 Å². The fraction of sp³-hybridized carbons (Fsp3) is 0.300. The molecule has 0 saturated heterocycles. The molecule has 1 amide bonds. The third-order valence-corrected chi connectivity index (χ3v) is 1.99. The van der Waals surface area contributed by atoms with Crippen molar-refractivity contribution in [3.8, 4) is 5.75 Å². The van der Waals surface area contributed by atoms with Crippen molar-refractivity contribution in [2.45, 2.75) is 6.92 Å². The van der Waals surface area contributed by atoms with E-state index >= 15 is 0 Å². The molecule has 0 saturated carbocycles. The maximum atomic E-state index is 11.1. The van der Waals surface area contributed by atoms with Crippen LogP contribution in [0.2, 0.25) is 0 Å². The molecule has 76 valence electrons. The number of carbonyl (C=O) groups is 1. The van der Waals surface area contributed by atoms with E-state index in [4.69, 9.17) is 4.74 Å². The number of benzene rings is 1. The van der Waals surface area contributed by atoms with E-state index in [1.165, 1.54) is 11.8 Å². The van der Waals surface area contributed by atoms with Gasteiger partial charge in [0, 0.05) is 0 Å². The lowest BCUT2D eigenvalue weighted by atomic mass is 10.2. The number of nitrogens with one attached hydrogen (secondary N) is 1. The Morgan fingerprint density at radius 2 is 2.36 bits per heavy atom. The number of rotatable bonds is 3. The van der Waals surface area contributed by atoms with Gasteiger partial charge in [0.15, 0.2) is 0 Å². The van der Waals surface area contributed by atoms with Gasteiger partial charge in [-0.05, 0) is 30.9 Å². The average molecular weight is 211 g/mol. The Labute approximate surface area is 87.8 Å². The first-order valence-corrected chi connectivity index (χ1v) is 5.63. The second-order valence-electron chi connectivity index (χ2n) is 2.82. The van der Waals surface area contributed by atoms with Crippen molar-refractivity contribution >= 4 is 17.9 Å². The van der Waals surface area contributed by atoms with E-state index in [0.29, 0.717) is 11.6 Å². The van der Waals surface area contributed by atoms with Crippen LogP contribution in [0, 0.1) is 6.92 Å². The second-order valence-corrected chi connectivity index (χ2v) is 3.68. The molecule has 0 aliphatic heterocycles. The molecule has 0 aliphatic carbocycles. The number of thioether (sulfide) groups is 1. The summed E-state index contributed by atoms with van der Waals surface area (Å²) < 4.78 is 5.03. The molecular formula is C10H13NO2S. The van der Waals surface area contributed by atoms with Crippen LogP contribution in [0.1, 0.15) is 5.56 Å². The smallest absolute Gasteiger partial charge is 0.410 e. The molecule has 0 radical (unpaired) electrons. The quantitative estimate of drug-likeness (QED) is 0.780. The highest BCUT2D eigenvalue weighted by atomic mass is 32.2. The molecule has 0 bridgehead atoms. The van der Waals surface area contributed by atoms with Gasteiger partial charge in [0.2, 0.25) is 0 Å². The number of carbonyl (C=O) groups excluding carboxylic acids is 1. The Hall–Kier alpha value is -1.16. The number of hydrogen-bond acceptors (Lipinski definition) is 3. The van der Waals surface area contributed by atoms with Gasteiger partial charge < -0.3 is 10.1 Å². The number of aryl methyl sites for hydroxylation is 1. The first-order valence-electron chi connectivity index (χ1n) is 4.23. The van der Waals surface area contributed by atoms with Crippen molar-refractivity contribution in [2.75, 3.05) is 12.1 Å². The predicted octanol–water partition coefficient (Wildman–Crippen LogP) is 2.40. The summed E-state index contributed by atoms with van der Waals surface area (Å²) in [6.45, 7) is 1.95. The van der Waals surface area contributed by atoms with Gasteiger partial charge in [-0.25, -0.2) is 4.79 Å². The summed E-state index contributed by atoms with van der Waals surface area (Å²) in [7, 11) is 0. The van der Waals surface area contributed by atoms with Crippen LogP contribution in [0.3, 0.4) is 0 Å². The molecule has 0 aromatic heterocycles. The van der Waals surface area contributed by atoms with Gasteiger partial charge in [-0.15, -0.1) is 11.8 Å². The Kier molecular flexibility index (Phi) is 4.32. The van der Waals surface area contributed by atoms with Crippen LogP contribution in [-0.2, 0) is 0 Å². The van der Waals surface area contributed by atoms with Gasteiger partial charge in [-0.3, -0.25) is 0 Å². The third-order valence-electron chi connectivity index (χ3n) is 1.56. The van der Waals surface area contributed by atoms with Crippen LogP contribution >= 0.6 is 11.8 Å². The standard InChI is InChI=1S/C10H13NO2S/c1-8-4-3-5-9(6-8)13-10(12)11-7-14-2/h3-6H,7H2,1-2H3,(H,11,12). The van der Waals surface area contributed by atoms with Crippen molar-refractivity contribution in [3.05, 3.63) is 29.8 Å². The molecule has 0 fully saturated rings. The monoisotopic (exact) mass is 211 g/mol. The molecule has 0 atom stereocenters. The van der Waals surface area contributed by atoms with Gasteiger partial charge in [0.1, 0.15) is 5.75 Å².